The van der Waals surface area contributed by atoms with E-state index in [9.17, 15) is 4.79 Å². The first kappa shape index (κ1) is 13.1. The van der Waals surface area contributed by atoms with Gasteiger partial charge in [0.05, 0.1) is 6.54 Å². The Morgan fingerprint density at radius 3 is 3.00 bits per heavy atom. The zero-order valence-corrected chi connectivity index (χ0v) is 11.0. The standard InChI is InChI=1S/C13H22N4O/c1-11-5-6-15-17(11)9-8-16-7-3-2-4-12(16)10-13(14)18/h5-6,12H,2-4,7-10H2,1H3,(H2,14,18). The quantitative estimate of drug-likeness (QED) is 0.845. The van der Waals surface area contributed by atoms with Crippen molar-refractivity contribution in [1.29, 1.82) is 0 Å². The molecule has 2 rings (SSSR count). The number of carbonyl (C=O) groups excluding carboxylic acids is 1. The van der Waals surface area contributed by atoms with Crippen molar-refractivity contribution in [3.05, 3.63) is 18.0 Å². The third-order valence-electron chi connectivity index (χ3n) is 3.71. The van der Waals surface area contributed by atoms with E-state index in [4.69, 9.17) is 5.73 Å². The third-order valence-corrected chi connectivity index (χ3v) is 3.71. The zero-order chi connectivity index (χ0) is 13.0. The molecule has 1 unspecified atom stereocenters. The van der Waals surface area contributed by atoms with Gasteiger partial charge >= 0.3 is 0 Å². The molecule has 1 aromatic heterocycles. The molecule has 100 valence electrons. The highest BCUT2D eigenvalue weighted by Gasteiger charge is 2.23. The summed E-state index contributed by atoms with van der Waals surface area (Å²) in [5, 5.41) is 4.28. The molecule has 1 atom stereocenters. The Labute approximate surface area is 108 Å². The van der Waals surface area contributed by atoms with Gasteiger partial charge in [0, 0.05) is 30.9 Å². The van der Waals surface area contributed by atoms with Crippen molar-refractivity contribution >= 4 is 5.91 Å². The molecule has 1 aliphatic rings. The van der Waals surface area contributed by atoms with E-state index in [1.54, 1.807) is 0 Å². The van der Waals surface area contributed by atoms with Crippen LogP contribution in [0.15, 0.2) is 12.3 Å². The van der Waals surface area contributed by atoms with Crippen LogP contribution in [0.2, 0.25) is 0 Å². The number of carbonyl (C=O) groups is 1. The van der Waals surface area contributed by atoms with E-state index < -0.39 is 0 Å². The van der Waals surface area contributed by atoms with Gasteiger partial charge < -0.3 is 5.73 Å². The molecule has 0 spiro atoms. The number of likely N-dealkylation sites (tertiary alicyclic amines) is 1. The minimum absolute atomic E-state index is 0.192. The Morgan fingerprint density at radius 2 is 2.33 bits per heavy atom. The monoisotopic (exact) mass is 250 g/mol. The Hall–Kier alpha value is -1.36. The molecule has 1 aliphatic heterocycles. The summed E-state index contributed by atoms with van der Waals surface area (Å²) < 4.78 is 2.01. The lowest BCUT2D eigenvalue weighted by molar-refractivity contribution is -0.119. The lowest BCUT2D eigenvalue weighted by Gasteiger charge is -2.35. The Bertz CT molecular complexity index is 401. The Morgan fingerprint density at radius 1 is 1.50 bits per heavy atom. The van der Waals surface area contributed by atoms with Crippen molar-refractivity contribution in [3.8, 4) is 0 Å². The second-order valence-corrected chi connectivity index (χ2v) is 5.05. The van der Waals surface area contributed by atoms with Crippen LogP contribution in [0.1, 0.15) is 31.4 Å². The predicted molar refractivity (Wildman–Crippen MR) is 70.0 cm³/mol. The molecule has 0 aromatic carbocycles. The topological polar surface area (TPSA) is 64.2 Å². The van der Waals surface area contributed by atoms with Gasteiger partial charge in [0.15, 0.2) is 0 Å². The number of rotatable bonds is 5. The molecule has 5 heteroatoms. The summed E-state index contributed by atoms with van der Waals surface area (Å²) in [6, 6.07) is 2.34. The molecule has 0 radical (unpaired) electrons. The summed E-state index contributed by atoms with van der Waals surface area (Å²) in [4.78, 5) is 13.5. The highest BCUT2D eigenvalue weighted by atomic mass is 16.1. The number of nitrogens with two attached hydrogens (primary N) is 1. The van der Waals surface area contributed by atoms with E-state index in [2.05, 4.69) is 16.9 Å². The molecule has 2 heterocycles. The fraction of sp³-hybridized carbons (Fsp3) is 0.692. The van der Waals surface area contributed by atoms with Crippen molar-refractivity contribution in [3.63, 3.8) is 0 Å². The molecule has 1 saturated heterocycles. The second-order valence-electron chi connectivity index (χ2n) is 5.05. The smallest absolute Gasteiger partial charge is 0.218 e. The molecule has 1 amide bonds. The van der Waals surface area contributed by atoms with Crippen LogP contribution in [0, 0.1) is 6.92 Å². The maximum absolute atomic E-state index is 11.1. The van der Waals surface area contributed by atoms with Gasteiger partial charge in [-0.1, -0.05) is 6.42 Å². The first-order valence-corrected chi connectivity index (χ1v) is 6.67. The predicted octanol–water partition coefficient (Wildman–Crippen LogP) is 0.921. The number of aromatic nitrogens is 2. The number of nitrogens with zero attached hydrogens (tertiary/aromatic N) is 3. The van der Waals surface area contributed by atoms with Crippen LogP contribution < -0.4 is 5.73 Å². The summed E-state index contributed by atoms with van der Waals surface area (Å²) in [6.07, 6.45) is 5.81. The van der Waals surface area contributed by atoms with Crippen molar-refractivity contribution in [2.75, 3.05) is 13.1 Å². The van der Waals surface area contributed by atoms with Gasteiger partial charge in [0.2, 0.25) is 5.91 Å². The summed E-state index contributed by atoms with van der Waals surface area (Å²) in [7, 11) is 0. The Kier molecular flexibility index (Phi) is 4.36. The van der Waals surface area contributed by atoms with Crippen LogP contribution in [0.4, 0.5) is 0 Å². The van der Waals surface area contributed by atoms with Gasteiger partial charge in [0.25, 0.3) is 0 Å². The van der Waals surface area contributed by atoms with Crippen LogP contribution >= 0.6 is 0 Å². The molecular weight excluding hydrogens is 228 g/mol. The van der Waals surface area contributed by atoms with E-state index in [-0.39, 0.29) is 5.91 Å². The number of primary amides is 1. The first-order valence-electron chi connectivity index (χ1n) is 6.67. The van der Waals surface area contributed by atoms with E-state index in [0.29, 0.717) is 12.5 Å². The van der Waals surface area contributed by atoms with E-state index in [1.165, 1.54) is 18.5 Å². The van der Waals surface area contributed by atoms with E-state index in [1.807, 2.05) is 16.9 Å². The van der Waals surface area contributed by atoms with Crippen molar-refractivity contribution in [2.45, 2.75) is 45.2 Å². The van der Waals surface area contributed by atoms with Crippen molar-refractivity contribution in [2.24, 2.45) is 5.73 Å². The molecule has 0 saturated carbocycles. The number of hydrogen-bond donors (Lipinski definition) is 1. The number of aryl methyl sites for hydroxylation is 1. The third kappa shape index (κ3) is 3.32. The summed E-state index contributed by atoms with van der Waals surface area (Å²) in [6.45, 7) is 4.96. The van der Waals surface area contributed by atoms with Gasteiger partial charge in [-0.3, -0.25) is 14.4 Å². The highest BCUT2D eigenvalue weighted by Crippen LogP contribution is 2.19. The highest BCUT2D eigenvalue weighted by molar-refractivity contribution is 5.74. The lowest BCUT2D eigenvalue weighted by atomic mass is 9.99. The SMILES string of the molecule is Cc1ccnn1CCN1CCCCC1CC(N)=O. The zero-order valence-electron chi connectivity index (χ0n) is 11.0. The van der Waals surface area contributed by atoms with E-state index >= 15 is 0 Å². The Balaban J connectivity index is 1.89. The largest absolute Gasteiger partial charge is 0.370 e. The molecule has 1 aromatic rings. The number of amides is 1. The fourth-order valence-corrected chi connectivity index (χ4v) is 2.67. The van der Waals surface area contributed by atoms with Crippen LogP contribution in [0.5, 0.6) is 0 Å². The maximum Gasteiger partial charge on any atom is 0.218 e. The average molecular weight is 250 g/mol. The molecule has 0 bridgehead atoms. The minimum atomic E-state index is -0.192. The van der Waals surface area contributed by atoms with Crippen LogP contribution in [0.25, 0.3) is 0 Å². The molecule has 2 N–H and O–H groups in total. The molecule has 5 nitrogen and oxygen atoms in total. The van der Waals surface area contributed by atoms with Gasteiger partial charge in [0.1, 0.15) is 0 Å². The fourth-order valence-electron chi connectivity index (χ4n) is 2.67. The molecule has 1 fully saturated rings. The van der Waals surface area contributed by atoms with Gasteiger partial charge in [-0.15, -0.1) is 0 Å². The van der Waals surface area contributed by atoms with Gasteiger partial charge in [-0.25, -0.2) is 0 Å². The summed E-state index contributed by atoms with van der Waals surface area (Å²) >= 11 is 0. The number of piperidine rings is 1. The first-order chi connectivity index (χ1) is 8.66. The van der Waals surface area contributed by atoms with E-state index in [0.717, 1.165) is 26.1 Å². The van der Waals surface area contributed by atoms with Crippen LogP contribution in [-0.4, -0.2) is 39.7 Å². The maximum atomic E-state index is 11.1. The van der Waals surface area contributed by atoms with Crippen LogP contribution in [0.3, 0.4) is 0 Å². The summed E-state index contributed by atoms with van der Waals surface area (Å²) in [5.74, 6) is -0.192. The van der Waals surface area contributed by atoms with Gasteiger partial charge in [-0.2, -0.15) is 5.10 Å². The lowest BCUT2D eigenvalue weighted by Crippen LogP contribution is -2.43. The minimum Gasteiger partial charge on any atom is -0.370 e. The normalized spacial score (nSPS) is 21.1. The van der Waals surface area contributed by atoms with Crippen molar-refractivity contribution < 1.29 is 4.79 Å². The number of hydrogen-bond acceptors (Lipinski definition) is 3. The molecular formula is C13H22N4O. The summed E-state index contributed by atoms with van der Waals surface area (Å²) in [5.41, 5.74) is 6.50. The molecule has 0 aliphatic carbocycles. The van der Waals surface area contributed by atoms with Crippen molar-refractivity contribution in [1.82, 2.24) is 14.7 Å². The van der Waals surface area contributed by atoms with Gasteiger partial charge in [-0.05, 0) is 32.4 Å². The molecule has 18 heavy (non-hydrogen) atoms. The average Bonchev–Trinajstić information content (AvgIpc) is 2.73. The second kappa shape index (κ2) is 6.00. The van der Waals surface area contributed by atoms with Crippen LogP contribution in [-0.2, 0) is 11.3 Å².